The van der Waals surface area contributed by atoms with Crippen molar-refractivity contribution in [3.05, 3.63) is 58.0 Å². The zero-order valence-corrected chi connectivity index (χ0v) is 26.1. The zero-order valence-electron chi connectivity index (χ0n) is 24.5. The van der Waals surface area contributed by atoms with Gasteiger partial charge in [0, 0.05) is 5.69 Å². The molecule has 1 aromatic heterocycles. The molecule has 47 heavy (non-hydrogen) atoms. The fourth-order valence-electron chi connectivity index (χ4n) is 4.03. The van der Waals surface area contributed by atoms with Gasteiger partial charge in [-0.3, -0.25) is 28.3 Å². The van der Waals surface area contributed by atoms with Crippen LogP contribution in [0.3, 0.4) is 0 Å². The summed E-state index contributed by atoms with van der Waals surface area (Å²) in [5.74, 6) is -8.94. The maximum absolute atomic E-state index is 13.1. The molecule has 252 valence electrons. The van der Waals surface area contributed by atoms with Crippen LogP contribution in [0.2, 0.25) is 0 Å². The minimum Gasteiger partial charge on any atom is -0.465 e. The Bertz CT molecular complexity index is 2080. The minimum atomic E-state index is -5.00. The topological polar surface area (TPSA) is 285 Å². The van der Waals surface area contributed by atoms with Gasteiger partial charge < -0.3 is 10.1 Å². The standard InChI is InChI=1S/C25H25N5O15S2/c1-13(31)22(28-27-17-7-14(10-45-44-3)6-15(8-17)24(35)43-2)23(34)26-16-4-5-18-19(9-16)30(21(33)12-47(40,41)42)25(36)29(18)20(32)11-46(37,38)39/h4-9,22H,10-12H2,1-3H3,(H,26,34)(H,37,38,39)(H,40,41,42). The smallest absolute Gasteiger partial charge is 0.342 e. The molecule has 0 saturated carbocycles. The number of ether oxygens (including phenoxy) is 1. The first kappa shape index (κ1) is 36.5. The highest BCUT2D eigenvalue weighted by Crippen LogP contribution is 2.23. The molecular weight excluding hydrogens is 674 g/mol. The number of hydrogen-bond acceptors (Lipinski definition) is 15. The highest BCUT2D eigenvalue weighted by Gasteiger charge is 2.28. The van der Waals surface area contributed by atoms with Gasteiger partial charge >= 0.3 is 11.7 Å². The molecule has 0 saturated heterocycles. The Labute approximate surface area is 264 Å². The molecule has 22 heteroatoms. The van der Waals surface area contributed by atoms with Gasteiger partial charge in [0.25, 0.3) is 38.0 Å². The summed E-state index contributed by atoms with van der Waals surface area (Å²) in [7, 11) is -7.56. The van der Waals surface area contributed by atoms with E-state index < -0.39 is 84.0 Å². The van der Waals surface area contributed by atoms with Gasteiger partial charge in [-0.2, -0.15) is 27.1 Å². The molecule has 3 rings (SSSR count). The number of nitrogens with zero attached hydrogens (tertiary/aromatic N) is 4. The number of amides is 1. The van der Waals surface area contributed by atoms with E-state index in [0.29, 0.717) is 5.56 Å². The van der Waals surface area contributed by atoms with Gasteiger partial charge in [0.2, 0.25) is 6.04 Å². The van der Waals surface area contributed by atoms with Crippen LogP contribution >= 0.6 is 0 Å². The van der Waals surface area contributed by atoms with Gasteiger partial charge in [-0.25, -0.2) is 28.5 Å². The summed E-state index contributed by atoms with van der Waals surface area (Å²) in [5.41, 5.74) is -2.33. The lowest BCUT2D eigenvalue weighted by Crippen LogP contribution is -2.36. The van der Waals surface area contributed by atoms with Crippen LogP contribution in [-0.2, 0) is 50.9 Å². The van der Waals surface area contributed by atoms with Crippen molar-refractivity contribution in [3.8, 4) is 0 Å². The first-order valence-electron chi connectivity index (χ1n) is 12.7. The molecule has 1 unspecified atom stereocenters. The molecule has 0 bridgehead atoms. The van der Waals surface area contributed by atoms with E-state index in [2.05, 4.69) is 20.4 Å². The van der Waals surface area contributed by atoms with Crippen molar-refractivity contribution in [1.29, 1.82) is 0 Å². The first-order valence-corrected chi connectivity index (χ1v) is 15.9. The predicted octanol–water partition coefficient (Wildman–Crippen LogP) is 0.404. The van der Waals surface area contributed by atoms with Crippen molar-refractivity contribution < 1.29 is 64.4 Å². The number of imidazole rings is 1. The van der Waals surface area contributed by atoms with Gasteiger partial charge in [-0.05, 0) is 48.9 Å². The van der Waals surface area contributed by atoms with Gasteiger partial charge in [0.1, 0.15) is 6.61 Å². The minimum absolute atomic E-state index is 0.0142. The number of carbonyl (C=O) groups is 5. The number of azo groups is 1. The summed E-state index contributed by atoms with van der Waals surface area (Å²) in [4.78, 5) is 85.1. The summed E-state index contributed by atoms with van der Waals surface area (Å²) in [6.45, 7) is 0.895. The Morgan fingerprint density at radius 3 is 2.02 bits per heavy atom. The normalized spacial score (nSPS) is 12.6. The Balaban J connectivity index is 2.04. The number of aromatic nitrogens is 2. The third-order valence-corrected chi connectivity index (χ3v) is 7.11. The van der Waals surface area contributed by atoms with E-state index in [-0.39, 0.29) is 32.7 Å². The number of methoxy groups -OCH3 is 1. The number of rotatable bonds is 13. The zero-order chi connectivity index (χ0) is 35.3. The Morgan fingerprint density at radius 1 is 0.894 bits per heavy atom. The Morgan fingerprint density at radius 2 is 1.49 bits per heavy atom. The lowest BCUT2D eigenvalue weighted by molar-refractivity contribution is -0.282. The molecule has 3 aromatic rings. The van der Waals surface area contributed by atoms with E-state index in [4.69, 9.17) is 18.7 Å². The molecule has 20 nitrogen and oxygen atoms in total. The van der Waals surface area contributed by atoms with Crippen molar-refractivity contribution in [2.24, 2.45) is 10.2 Å². The van der Waals surface area contributed by atoms with Crippen LogP contribution in [0.5, 0.6) is 0 Å². The Hall–Kier alpha value is -5.00. The molecule has 0 aliphatic carbocycles. The summed E-state index contributed by atoms with van der Waals surface area (Å²) >= 11 is 0. The predicted molar refractivity (Wildman–Crippen MR) is 157 cm³/mol. The van der Waals surface area contributed by atoms with Crippen LogP contribution in [-0.4, -0.2) is 96.3 Å². The molecule has 0 spiro atoms. The third kappa shape index (κ3) is 9.50. The third-order valence-electron chi connectivity index (χ3n) is 5.88. The average Bonchev–Trinajstić information content (AvgIpc) is 3.24. The molecule has 1 amide bonds. The number of anilines is 1. The fraction of sp³-hybridized carbons (Fsp3) is 0.280. The number of fused-ring (bicyclic) bond motifs is 1. The van der Waals surface area contributed by atoms with Crippen LogP contribution in [0.25, 0.3) is 11.0 Å². The second kappa shape index (κ2) is 14.6. The van der Waals surface area contributed by atoms with Crippen molar-refractivity contribution in [2.45, 2.75) is 19.6 Å². The number of esters is 1. The van der Waals surface area contributed by atoms with Crippen molar-refractivity contribution in [2.75, 3.05) is 31.0 Å². The highest BCUT2D eigenvalue weighted by atomic mass is 32.2. The van der Waals surface area contributed by atoms with Gasteiger partial charge in [0.05, 0.1) is 36.5 Å². The van der Waals surface area contributed by atoms with Crippen molar-refractivity contribution in [1.82, 2.24) is 9.13 Å². The van der Waals surface area contributed by atoms with Gasteiger partial charge in [0.15, 0.2) is 17.3 Å². The van der Waals surface area contributed by atoms with E-state index in [1.165, 1.54) is 25.3 Å². The molecule has 0 aliphatic heterocycles. The van der Waals surface area contributed by atoms with Gasteiger partial charge in [-0.1, -0.05) is 0 Å². The van der Waals surface area contributed by atoms with E-state index in [1.54, 1.807) is 0 Å². The second-order valence-electron chi connectivity index (χ2n) is 9.42. The summed E-state index contributed by atoms with van der Waals surface area (Å²) in [6.07, 6.45) is 0. The summed E-state index contributed by atoms with van der Waals surface area (Å²) in [6, 6.07) is 5.24. The molecule has 1 heterocycles. The van der Waals surface area contributed by atoms with Crippen LogP contribution in [0, 0.1) is 0 Å². The first-order chi connectivity index (χ1) is 21.8. The molecular formula is C25H25N5O15S2. The number of carbonyl (C=O) groups excluding carboxylic acids is 5. The van der Waals surface area contributed by atoms with Crippen LogP contribution < -0.4 is 11.0 Å². The second-order valence-corrected chi connectivity index (χ2v) is 12.3. The van der Waals surface area contributed by atoms with Crippen molar-refractivity contribution >= 4 is 72.1 Å². The van der Waals surface area contributed by atoms with Gasteiger partial charge in [-0.15, -0.1) is 0 Å². The maximum atomic E-state index is 13.1. The number of nitrogens with one attached hydrogen (secondary N) is 1. The molecule has 3 N–H and O–H groups in total. The fourth-order valence-corrected chi connectivity index (χ4v) is 4.91. The highest BCUT2D eigenvalue weighted by molar-refractivity contribution is 7.86. The van der Waals surface area contributed by atoms with E-state index >= 15 is 0 Å². The monoisotopic (exact) mass is 699 g/mol. The molecule has 2 aromatic carbocycles. The molecule has 1 atom stereocenters. The summed E-state index contributed by atoms with van der Waals surface area (Å²) < 4.78 is 68.3. The van der Waals surface area contributed by atoms with Crippen LogP contribution in [0.15, 0.2) is 51.4 Å². The largest absolute Gasteiger partial charge is 0.465 e. The quantitative estimate of drug-likeness (QED) is 0.0543. The number of benzene rings is 2. The van der Waals surface area contributed by atoms with E-state index in [1.807, 2.05) is 0 Å². The lowest BCUT2D eigenvalue weighted by Gasteiger charge is -2.10. The number of Topliss-reactive ketones (excluding diaryl/α,β-unsaturated/α-hetero) is 1. The van der Waals surface area contributed by atoms with E-state index in [9.17, 15) is 45.6 Å². The molecule has 0 fully saturated rings. The average molecular weight is 700 g/mol. The number of ketones is 1. The van der Waals surface area contributed by atoms with Crippen molar-refractivity contribution in [3.63, 3.8) is 0 Å². The SMILES string of the molecule is COOCc1cc(N=NC(C(C)=O)C(=O)Nc2ccc3c(c2)n(C(=O)CS(=O)(=O)O)c(=O)n3C(=O)CS(=O)(=O)O)cc(C(=O)OC)c1. The molecule has 0 radical (unpaired) electrons. The summed E-state index contributed by atoms with van der Waals surface area (Å²) in [5, 5.41) is 9.94. The van der Waals surface area contributed by atoms with Crippen LogP contribution in [0.4, 0.5) is 11.4 Å². The maximum Gasteiger partial charge on any atom is 0.342 e. The van der Waals surface area contributed by atoms with E-state index in [0.717, 1.165) is 32.2 Å². The van der Waals surface area contributed by atoms with Crippen LogP contribution in [0.1, 0.15) is 32.4 Å². The molecule has 0 aliphatic rings. The Kier molecular flexibility index (Phi) is 11.3. The lowest BCUT2D eigenvalue weighted by atomic mass is 10.1. The number of hydrogen-bond donors (Lipinski definition) is 3.